The van der Waals surface area contributed by atoms with E-state index in [1.54, 1.807) is 6.21 Å². The van der Waals surface area contributed by atoms with Crippen molar-refractivity contribution in [2.24, 2.45) is 5.10 Å². The third kappa shape index (κ3) is 5.90. The van der Waals surface area contributed by atoms with Gasteiger partial charge in [-0.2, -0.15) is 5.10 Å². The van der Waals surface area contributed by atoms with Gasteiger partial charge in [0.15, 0.2) is 0 Å². The van der Waals surface area contributed by atoms with Crippen LogP contribution >= 0.6 is 27.3 Å². The number of hydrazone groups is 1. The number of amides is 2. The van der Waals surface area contributed by atoms with E-state index in [0.29, 0.717) is 0 Å². The topological polar surface area (TPSA) is 70.6 Å². The van der Waals surface area contributed by atoms with E-state index in [-0.39, 0.29) is 24.7 Å². The Hall–Kier alpha value is -1.99. The molecule has 1 aromatic heterocycles. The molecule has 2 amide bonds. The molecule has 24 heavy (non-hydrogen) atoms. The van der Waals surface area contributed by atoms with Gasteiger partial charge in [-0.15, -0.1) is 11.3 Å². The Balaban J connectivity index is 1.74. The van der Waals surface area contributed by atoms with Gasteiger partial charge in [0.05, 0.1) is 10.0 Å². The molecular formula is C17H18BrN3O2S. The summed E-state index contributed by atoms with van der Waals surface area (Å²) in [6, 6.07) is 9.60. The average Bonchev–Trinajstić information content (AvgIpc) is 2.93. The third-order valence-electron chi connectivity index (χ3n) is 3.21. The predicted octanol–water partition coefficient (Wildman–Crippen LogP) is 4.00. The lowest BCUT2D eigenvalue weighted by atomic mass is 10.1. The Labute approximate surface area is 153 Å². The van der Waals surface area contributed by atoms with Gasteiger partial charge in [0.2, 0.25) is 11.8 Å². The van der Waals surface area contributed by atoms with Crippen molar-refractivity contribution in [2.75, 3.05) is 5.32 Å². The van der Waals surface area contributed by atoms with Crippen molar-refractivity contribution in [3.63, 3.8) is 0 Å². The minimum Gasteiger partial charge on any atom is -0.326 e. The Morgan fingerprint density at radius 1 is 1.17 bits per heavy atom. The van der Waals surface area contributed by atoms with Crippen LogP contribution < -0.4 is 10.7 Å². The van der Waals surface area contributed by atoms with Gasteiger partial charge in [-0.3, -0.25) is 9.59 Å². The molecule has 2 N–H and O–H groups in total. The monoisotopic (exact) mass is 407 g/mol. The van der Waals surface area contributed by atoms with E-state index < -0.39 is 0 Å². The molecule has 7 heteroatoms. The smallest absolute Gasteiger partial charge is 0.240 e. The zero-order chi connectivity index (χ0) is 17.5. The highest BCUT2D eigenvalue weighted by atomic mass is 79.9. The molecule has 126 valence electrons. The first-order valence-electron chi connectivity index (χ1n) is 7.38. The molecule has 1 aromatic carbocycles. The molecule has 0 aliphatic heterocycles. The van der Waals surface area contributed by atoms with Gasteiger partial charge < -0.3 is 5.32 Å². The van der Waals surface area contributed by atoms with Crippen LogP contribution in [0.2, 0.25) is 0 Å². The average molecular weight is 408 g/mol. The summed E-state index contributed by atoms with van der Waals surface area (Å²) in [4.78, 5) is 24.5. The zero-order valence-corrected chi connectivity index (χ0v) is 15.8. The van der Waals surface area contributed by atoms with Gasteiger partial charge >= 0.3 is 0 Å². The number of halogens is 1. The number of hydrogen-bond acceptors (Lipinski definition) is 4. The van der Waals surface area contributed by atoms with Crippen molar-refractivity contribution in [3.05, 3.63) is 50.1 Å². The van der Waals surface area contributed by atoms with Gasteiger partial charge in [0.1, 0.15) is 0 Å². The minimum absolute atomic E-state index is 0.0855. The van der Waals surface area contributed by atoms with Gasteiger partial charge in [-0.05, 0) is 53.5 Å². The third-order valence-corrected chi connectivity index (χ3v) is 4.77. The van der Waals surface area contributed by atoms with Crippen LogP contribution in [0.15, 0.2) is 39.2 Å². The summed E-state index contributed by atoms with van der Waals surface area (Å²) in [7, 11) is 0. The normalized spacial score (nSPS) is 10.8. The van der Waals surface area contributed by atoms with Crippen molar-refractivity contribution in [1.82, 2.24) is 5.43 Å². The highest BCUT2D eigenvalue weighted by molar-refractivity contribution is 9.11. The lowest BCUT2D eigenvalue weighted by Gasteiger charge is -2.08. The van der Waals surface area contributed by atoms with Crippen LogP contribution in [-0.2, 0) is 9.59 Å². The summed E-state index contributed by atoms with van der Waals surface area (Å²) < 4.78 is 0.998. The van der Waals surface area contributed by atoms with Crippen molar-refractivity contribution in [3.8, 4) is 0 Å². The van der Waals surface area contributed by atoms with Crippen LogP contribution in [0.1, 0.15) is 28.8 Å². The maximum absolute atomic E-state index is 11.9. The molecule has 2 aromatic rings. The Morgan fingerprint density at radius 2 is 1.92 bits per heavy atom. The second-order valence-electron chi connectivity index (χ2n) is 5.30. The van der Waals surface area contributed by atoms with Gasteiger partial charge in [-0.1, -0.05) is 17.7 Å². The van der Waals surface area contributed by atoms with E-state index in [4.69, 9.17) is 0 Å². The summed E-state index contributed by atoms with van der Waals surface area (Å²) >= 11 is 4.87. The summed E-state index contributed by atoms with van der Waals surface area (Å²) in [6.45, 7) is 3.94. The zero-order valence-electron chi connectivity index (χ0n) is 13.4. The van der Waals surface area contributed by atoms with E-state index in [1.807, 2.05) is 44.2 Å². The van der Waals surface area contributed by atoms with Crippen molar-refractivity contribution in [1.29, 1.82) is 0 Å². The second-order valence-corrected chi connectivity index (χ2v) is 7.80. The van der Waals surface area contributed by atoms with Crippen LogP contribution in [0.3, 0.4) is 0 Å². The number of aryl methyl sites for hydroxylation is 2. The lowest BCUT2D eigenvalue weighted by Crippen LogP contribution is -2.20. The number of carbonyl (C=O) groups excluding carboxylic acids is 2. The molecule has 0 bridgehead atoms. The SMILES string of the molecule is Cc1ccc(NC(=O)CCC(=O)N/N=C/c2ccc(Br)s2)c(C)c1. The van der Waals surface area contributed by atoms with Crippen molar-refractivity contribution < 1.29 is 9.59 Å². The molecular weight excluding hydrogens is 390 g/mol. The number of nitrogens with one attached hydrogen (secondary N) is 2. The maximum Gasteiger partial charge on any atom is 0.240 e. The van der Waals surface area contributed by atoms with E-state index in [9.17, 15) is 9.59 Å². The fourth-order valence-electron chi connectivity index (χ4n) is 2.02. The first-order valence-corrected chi connectivity index (χ1v) is 8.99. The Kier molecular flexibility index (Phi) is 6.69. The van der Waals surface area contributed by atoms with Gasteiger partial charge in [0, 0.05) is 23.4 Å². The van der Waals surface area contributed by atoms with Crippen LogP contribution in [0.5, 0.6) is 0 Å². The molecule has 5 nitrogen and oxygen atoms in total. The molecule has 0 fully saturated rings. The Morgan fingerprint density at radius 3 is 2.58 bits per heavy atom. The molecule has 0 atom stereocenters. The quantitative estimate of drug-likeness (QED) is 0.561. The van der Waals surface area contributed by atoms with Crippen molar-refractivity contribution in [2.45, 2.75) is 26.7 Å². The Bertz CT molecular complexity index is 771. The summed E-state index contributed by atoms with van der Waals surface area (Å²) in [5.74, 6) is -0.485. The molecule has 0 saturated carbocycles. The minimum atomic E-state index is -0.294. The number of anilines is 1. The highest BCUT2D eigenvalue weighted by Crippen LogP contribution is 2.20. The number of rotatable bonds is 6. The van der Waals surface area contributed by atoms with Gasteiger partial charge in [0.25, 0.3) is 0 Å². The van der Waals surface area contributed by atoms with Crippen LogP contribution in [0.4, 0.5) is 5.69 Å². The molecule has 0 unspecified atom stereocenters. The van der Waals surface area contributed by atoms with Crippen LogP contribution in [-0.4, -0.2) is 18.0 Å². The molecule has 0 aliphatic rings. The van der Waals surface area contributed by atoms with Gasteiger partial charge in [-0.25, -0.2) is 5.43 Å². The van der Waals surface area contributed by atoms with E-state index in [2.05, 4.69) is 31.8 Å². The fourth-order valence-corrected chi connectivity index (χ4v) is 3.31. The first kappa shape index (κ1) is 18.4. The van der Waals surface area contributed by atoms with Crippen LogP contribution in [0, 0.1) is 13.8 Å². The maximum atomic E-state index is 11.9. The number of benzene rings is 1. The number of nitrogens with zero attached hydrogens (tertiary/aromatic N) is 1. The molecule has 1 heterocycles. The first-order chi connectivity index (χ1) is 11.4. The predicted molar refractivity (Wildman–Crippen MR) is 102 cm³/mol. The summed E-state index contributed by atoms with van der Waals surface area (Å²) in [5.41, 5.74) is 5.33. The summed E-state index contributed by atoms with van der Waals surface area (Å²) in [6.07, 6.45) is 1.77. The van der Waals surface area contributed by atoms with E-state index >= 15 is 0 Å². The second kappa shape index (κ2) is 8.75. The summed E-state index contributed by atoms with van der Waals surface area (Å²) in [5, 5.41) is 6.69. The molecule has 0 radical (unpaired) electrons. The number of hydrogen-bond donors (Lipinski definition) is 2. The van der Waals surface area contributed by atoms with E-state index in [1.165, 1.54) is 11.3 Å². The largest absolute Gasteiger partial charge is 0.326 e. The van der Waals surface area contributed by atoms with E-state index in [0.717, 1.165) is 25.5 Å². The lowest BCUT2D eigenvalue weighted by molar-refractivity contribution is -0.124. The van der Waals surface area contributed by atoms with Crippen LogP contribution in [0.25, 0.3) is 0 Å². The molecule has 2 rings (SSSR count). The van der Waals surface area contributed by atoms with Crippen molar-refractivity contribution >= 4 is 51.0 Å². The molecule has 0 saturated heterocycles. The molecule has 0 aliphatic carbocycles. The highest BCUT2D eigenvalue weighted by Gasteiger charge is 2.08. The number of carbonyl (C=O) groups is 2. The fraction of sp³-hybridized carbons (Fsp3) is 0.235. The number of thiophene rings is 1. The molecule has 0 spiro atoms. The standard InChI is InChI=1S/C17H18BrN3O2S/c1-11-3-5-14(12(2)9-11)20-16(22)7-8-17(23)21-19-10-13-4-6-15(18)24-13/h3-6,9-10H,7-8H2,1-2H3,(H,20,22)(H,21,23)/b19-10+.